The molecular formula is C15H25N3. The molecule has 3 nitrogen and oxygen atoms in total. The van der Waals surface area contributed by atoms with Crippen molar-refractivity contribution < 1.29 is 0 Å². The zero-order chi connectivity index (χ0) is 13.1. The van der Waals surface area contributed by atoms with Gasteiger partial charge in [0.1, 0.15) is 5.82 Å². The summed E-state index contributed by atoms with van der Waals surface area (Å²) in [6, 6.07) is 0. The molecule has 0 radical (unpaired) electrons. The Labute approximate surface area is 110 Å². The predicted octanol–water partition coefficient (Wildman–Crippen LogP) is 2.89. The molecule has 1 aliphatic rings. The second-order valence-electron chi connectivity index (χ2n) is 5.74. The summed E-state index contributed by atoms with van der Waals surface area (Å²) in [5, 5.41) is 0. The van der Waals surface area contributed by atoms with Gasteiger partial charge in [-0.3, -0.25) is 0 Å². The highest BCUT2D eigenvalue weighted by Crippen LogP contribution is 2.36. The monoisotopic (exact) mass is 247 g/mol. The molecule has 3 heteroatoms. The molecule has 2 unspecified atom stereocenters. The lowest BCUT2D eigenvalue weighted by atomic mass is 10.0. The Kier molecular flexibility index (Phi) is 4.33. The van der Waals surface area contributed by atoms with E-state index in [2.05, 4.69) is 20.8 Å². The van der Waals surface area contributed by atoms with E-state index < -0.39 is 0 Å². The third-order valence-electron chi connectivity index (χ3n) is 4.13. The number of hydrogen-bond acceptors (Lipinski definition) is 3. The molecule has 0 amide bonds. The van der Waals surface area contributed by atoms with Crippen molar-refractivity contribution in [2.75, 3.05) is 6.54 Å². The quantitative estimate of drug-likeness (QED) is 0.890. The smallest absolute Gasteiger partial charge is 0.131 e. The van der Waals surface area contributed by atoms with Crippen molar-refractivity contribution in [1.82, 2.24) is 9.97 Å². The normalized spacial score (nSPS) is 23.6. The summed E-state index contributed by atoms with van der Waals surface area (Å²) >= 11 is 0. The fourth-order valence-corrected chi connectivity index (χ4v) is 3.03. The molecule has 2 N–H and O–H groups in total. The van der Waals surface area contributed by atoms with Crippen LogP contribution in [0.1, 0.15) is 61.3 Å². The van der Waals surface area contributed by atoms with Gasteiger partial charge >= 0.3 is 0 Å². The van der Waals surface area contributed by atoms with Crippen molar-refractivity contribution >= 4 is 0 Å². The highest BCUT2D eigenvalue weighted by Gasteiger charge is 2.25. The van der Waals surface area contributed by atoms with Gasteiger partial charge in [0.25, 0.3) is 0 Å². The lowest BCUT2D eigenvalue weighted by Gasteiger charge is -2.14. The average molecular weight is 247 g/mol. The van der Waals surface area contributed by atoms with Crippen molar-refractivity contribution in [2.24, 2.45) is 11.7 Å². The van der Waals surface area contributed by atoms with E-state index in [1.807, 2.05) is 0 Å². The molecule has 1 saturated carbocycles. The third-order valence-corrected chi connectivity index (χ3v) is 4.13. The van der Waals surface area contributed by atoms with Crippen molar-refractivity contribution in [3.63, 3.8) is 0 Å². The summed E-state index contributed by atoms with van der Waals surface area (Å²) in [4.78, 5) is 9.50. The number of aryl methyl sites for hydroxylation is 2. The number of nitrogens with zero attached hydrogens (tertiary/aromatic N) is 2. The van der Waals surface area contributed by atoms with Gasteiger partial charge in [-0.15, -0.1) is 0 Å². The molecule has 1 heterocycles. The summed E-state index contributed by atoms with van der Waals surface area (Å²) in [6.45, 7) is 7.29. The van der Waals surface area contributed by atoms with E-state index in [0.717, 1.165) is 42.5 Å². The third kappa shape index (κ3) is 2.89. The van der Waals surface area contributed by atoms with Crippen LogP contribution in [0.3, 0.4) is 0 Å². The molecule has 1 aromatic rings. The van der Waals surface area contributed by atoms with Gasteiger partial charge in [-0.25, -0.2) is 9.97 Å². The summed E-state index contributed by atoms with van der Waals surface area (Å²) < 4.78 is 0. The van der Waals surface area contributed by atoms with E-state index in [4.69, 9.17) is 15.7 Å². The average Bonchev–Trinajstić information content (AvgIpc) is 2.75. The first-order valence-electron chi connectivity index (χ1n) is 7.16. The molecule has 0 spiro atoms. The van der Waals surface area contributed by atoms with E-state index in [0.29, 0.717) is 5.92 Å². The Morgan fingerprint density at radius 2 is 1.83 bits per heavy atom. The molecule has 18 heavy (non-hydrogen) atoms. The van der Waals surface area contributed by atoms with Crippen molar-refractivity contribution in [3.8, 4) is 0 Å². The second-order valence-corrected chi connectivity index (χ2v) is 5.74. The predicted molar refractivity (Wildman–Crippen MR) is 74.6 cm³/mol. The zero-order valence-electron chi connectivity index (χ0n) is 11.9. The van der Waals surface area contributed by atoms with Crippen LogP contribution in [-0.2, 0) is 6.42 Å². The van der Waals surface area contributed by atoms with Crippen molar-refractivity contribution in [2.45, 2.75) is 58.8 Å². The fourth-order valence-electron chi connectivity index (χ4n) is 3.03. The van der Waals surface area contributed by atoms with Gasteiger partial charge < -0.3 is 5.73 Å². The zero-order valence-corrected chi connectivity index (χ0v) is 11.9. The minimum atomic E-state index is 0.584. The van der Waals surface area contributed by atoms with Crippen LogP contribution < -0.4 is 5.73 Å². The minimum absolute atomic E-state index is 0.584. The Morgan fingerprint density at radius 1 is 1.17 bits per heavy atom. The minimum Gasteiger partial charge on any atom is -0.330 e. The fraction of sp³-hybridized carbons (Fsp3) is 0.733. The van der Waals surface area contributed by atoms with Crippen LogP contribution in [0.25, 0.3) is 0 Å². The molecule has 2 atom stereocenters. The summed E-state index contributed by atoms with van der Waals surface area (Å²) in [6.07, 6.45) is 5.85. The van der Waals surface area contributed by atoms with Crippen LogP contribution in [0, 0.1) is 19.8 Å². The Hall–Kier alpha value is -0.960. The van der Waals surface area contributed by atoms with Crippen LogP contribution >= 0.6 is 0 Å². The first-order chi connectivity index (χ1) is 8.61. The van der Waals surface area contributed by atoms with E-state index in [1.165, 1.54) is 24.8 Å². The first kappa shape index (κ1) is 13.5. The second kappa shape index (κ2) is 5.79. The van der Waals surface area contributed by atoms with E-state index in [-0.39, 0.29) is 0 Å². The number of nitrogens with two attached hydrogens (primary N) is 1. The van der Waals surface area contributed by atoms with Crippen molar-refractivity contribution in [1.29, 1.82) is 0 Å². The Bertz CT molecular complexity index is 391. The molecule has 0 aromatic carbocycles. The molecular weight excluding hydrogens is 222 g/mol. The molecule has 0 bridgehead atoms. The maximum absolute atomic E-state index is 5.58. The lowest BCUT2D eigenvalue weighted by molar-refractivity contribution is 0.582. The van der Waals surface area contributed by atoms with E-state index >= 15 is 0 Å². The number of hydrogen-bond donors (Lipinski definition) is 1. The van der Waals surface area contributed by atoms with Gasteiger partial charge in [-0.2, -0.15) is 0 Å². The van der Waals surface area contributed by atoms with Gasteiger partial charge in [0.05, 0.1) is 0 Å². The molecule has 100 valence electrons. The number of rotatable bonds is 4. The topological polar surface area (TPSA) is 51.8 Å². The number of aromatic nitrogens is 2. The molecule has 0 saturated heterocycles. The van der Waals surface area contributed by atoms with E-state index in [9.17, 15) is 0 Å². The van der Waals surface area contributed by atoms with Gasteiger partial charge in [-0.05, 0) is 64.0 Å². The summed E-state index contributed by atoms with van der Waals surface area (Å²) in [7, 11) is 0. The maximum Gasteiger partial charge on any atom is 0.131 e. The standard InChI is InChI=1S/C15H25N3/c1-10-6-7-13(9-10)15-17-11(2)14(5-4-8-16)12(3)18-15/h10,13H,4-9,16H2,1-3H3. The van der Waals surface area contributed by atoms with Gasteiger partial charge in [0, 0.05) is 17.3 Å². The maximum atomic E-state index is 5.58. The van der Waals surface area contributed by atoms with Crippen LogP contribution in [0.5, 0.6) is 0 Å². The van der Waals surface area contributed by atoms with Gasteiger partial charge in [0.15, 0.2) is 0 Å². The SMILES string of the molecule is Cc1nc(C2CCC(C)C2)nc(C)c1CCCN. The molecule has 1 aromatic heterocycles. The Balaban J connectivity index is 2.19. The highest BCUT2D eigenvalue weighted by atomic mass is 14.9. The van der Waals surface area contributed by atoms with Gasteiger partial charge in [0.2, 0.25) is 0 Å². The molecule has 0 aliphatic heterocycles. The molecule has 2 rings (SSSR count). The summed E-state index contributed by atoms with van der Waals surface area (Å²) in [5.41, 5.74) is 9.20. The largest absolute Gasteiger partial charge is 0.330 e. The lowest BCUT2D eigenvalue weighted by Crippen LogP contribution is -2.10. The highest BCUT2D eigenvalue weighted by molar-refractivity contribution is 5.25. The van der Waals surface area contributed by atoms with Crippen LogP contribution in [-0.4, -0.2) is 16.5 Å². The first-order valence-corrected chi connectivity index (χ1v) is 7.16. The molecule has 1 aliphatic carbocycles. The van der Waals surface area contributed by atoms with Gasteiger partial charge in [-0.1, -0.05) is 6.92 Å². The van der Waals surface area contributed by atoms with Crippen LogP contribution in [0.15, 0.2) is 0 Å². The van der Waals surface area contributed by atoms with Crippen LogP contribution in [0.2, 0.25) is 0 Å². The Morgan fingerprint density at radius 3 is 2.33 bits per heavy atom. The van der Waals surface area contributed by atoms with Crippen LogP contribution in [0.4, 0.5) is 0 Å². The van der Waals surface area contributed by atoms with Crippen molar-refractivity contribution in [3.05, 3.63) is 22.8 Å². The summed E-state index contributed by atoms with van der Waals surface area (Å²) in [5.74, 6) is 2.49. The molecule has 1 fully saturated rings. The van der Waals surface area contributed by atoms with E-state index in [1.54, 1.807) is 0 Å².